The molecule has 1 aromatic rings. The molecule has 0 amide bonds. The van der Waals surface area contributed by atoms with Crippen LogP contribution in [0.5, 0.6) is 5.75 Å². The van der Waals surface area contributed by atoms with E-state index in [0.29, 0.717) is 5.92 Å². The zero-order valence-electron chi connectivity index (χ0n) is 8.86. The molecule has 0 bridgehead atoms. The van der Waals surface area contributed by atoms with Crippen molar-refractivity contribution in [2.45, 2.75) is 19.8 Å². The van der Waals surface area contributed by atoms with E-state index in [1.165, 1.54) is 12.0 Å². The van der Waals surface area contributed by atoms with Gasteiger partial charge in [-0.15, -0.1) is 0 Å². The molecule has 0 fully saturated rings. The normalized spacial score (nSPS) is 12.5. The molecule has 1 atom stereocenters. The van der Waals surface area contributed by atoms with Crippen LogP contribution in [0.2, 0.25) is 0 Å². The lowest BCUT2D eigenvalue weighted by atomic mass is 10.0. The van der Waals surface area contributed by atoms with E-state index in [9.17, 15) is 0 Å². The third-order valence-corrected chi connectivity index (χ3v) is 3.02. The Morgan fingerprint density at radius 1 is 1.29 bits per heavy atom. The van der Waals surface area contributed by atoms with E-state index in [4.69, 9.17) is 4.74 Å². The number of methoxy groups -OCH3 is 1. The van der Waals surface area contributed by atoms with E-state index in [1.54, 1.807) is 7.11 Å². The molecule has 0 N–H and O–H groups in total. The van der Waals surface area contributed by atoms with Gasteiger partial charge in [0.25, 0.3) is 0 Å². The molecule has 0 heterocycles. The Morgan fingerprint density at radius 2 is 1.93 bits per heavy atom. The Labute approximate surface area is 91.9 Å². The molecule has 2 heteroatoms. The molecule has 0 aliphatic rings. The predicted molar refractivity (Wildman–Crippen MR) is 64.3 cm³/mol. The molecule has 1 unspecified atom stereocenters. The highest BCUT2D eigenvalue weighted by Crippen LogP contribution is 2.15. The minimum absolute atomic E-state index is 0.695. The van der Waals surface area contributed by atoms with E-state index in [-0.39, 0.29) is 0 Å². The van der Waals surface area contributed by atoms with Crippen molar-refractivity contribution < 1.29 is 4.74 Å². The van der Waals surface area contributed by atoms with Crippen molar-refractivity contribution in [3.8, 4) is 5.75 Å². The monoisotopic (exact) mass is 210 g/mol. The highest BCUT2D eigenvalue weighted by Gasteiger charge is 2.00. The van der Waals surface area contributed by atoms with Crippen molar-refractivity contribution >= 4 is 12.6 Å². The van der Waals surface area contributed by atoms with Crippen molar-refractivity contribution in [1.82, 2.24) is 0 Å². The van der Waals surface area contributed by atoms with Gasteiger partial charge in [0.15, 0.2) is 0 Å². The summed E-state index contributed by atoms with van der Waals surface area (Å²) in [7, 11) is 1.69. The maximum Gasteiger partial charge on any atom is 0.118 e. The summed E-state index contributed by atoms with van der Waals surface area (Å²) < 4.78 is 5.10. The standard InChI is InChI=1S/C12H18OS/c1-10(9-14)3-4-11-5-7-12(13-2)8-6-11/h5-8,10,14H,3-4,9H2,1-2H3. The largest absolute Gasteiger partial charge is 0.497 e. The maximum atomic E-state index is 5.10. The Bertz CT molecular complexity index is 256. The summed E-state index contributed by atoms with van der Waals surface area (Å²) in [6.45, 7) is 2.23. The molecule has 0 saturated heterocycles. The van der Waals surface area contributed by atoms with Gasteiger partial charge in [0.05, 0.1) is 7.11 Å². The molecule has 0 radical (unpaired) electrons. The number of hydrogen-bond acceptors (Lipinski definition) is 2. The first-order valence-corrected chi connectivity index (χ1v) is 5.63. The highest BCUT2D eigenvalue weighted by atomic mass is 32.1. The summed E-state index contributed by atoms with van der Waals surface area (Å²) in [4.78, 5) is 0. The molecule has 0 spiro atoms. The van der Waals surface area contributed by atoms with Crippen molar-refractivity contribution in [2.24, 2.45) is 5.92 Å². The quantitative estimate of drug-likeness (QED) is 0.734. The minimum Gasteiger partial charge on any atom is -0.497 e. The summed E-state index contributed by atoms with van der Waals surface area (Å²) >= 11 is 4.27. The van der Waals surface area contributed by atoms with Gasteiger partial charge < -0.3 is 4.74 Å². The first-order valence-electron chi connectivity index (χ1n) is 5.00. The van der Waals surface area contributed by atoms with Gasteiger partial charge in [0.1, 0.15) is 5.75 Å². The smallest absolute Gasteiger partial charge is 0.118 e. The van der Waals surface area contributed by atoms with Crippen LogP contribution in [0.4, 0.5) is 0 Å². The van der Waals surface area contributed by atoms with Crippen LogP contribution in [-0.4, -0.2) is 12.9 Å². The predicted octanol–water partition coefficient (Wildman–Crippen LogP) is 3.19. The fourth-order valence-electron chi connectivity index (χ4n) is 1.30. The van der Waals surface area contributed by atoms with Crippen LogP contribution >= 0.6 is 12.6 Å². The zero-order valence-corrected chi connectivity index (χ0v) is 9.76. The van der Waals surface area contributed by atoms with E-state index in [1.807, 2.05) is 12.1 Å². The molecular formula is C12H18OS. The lowest BCUT2D eigenvalue weighted by Gasteiger charge is -2.07. The van der Waals surface area contributed by atoms with Gasteiger partial charge in [-0.1, -0.05) is 19.1 Å². The third-order valence-electron chi connectivity index (χ3n) is 2.40. The van der Waals surface area contributed by atoms with Crippen molar-refractivity contribution in [3.05, 3.63) is 29.8 Å². The Kier molecular flexibility index (Phi) is 4.88. The number of aryl methyl sites for hydroxylation is 1. The first-order chi connectivity index (χ1) is 6.76. The summed E-state index contributed by atoms with van der Waals surface area (Å²) in [6, 6.07) is 8.29. The third kappa shape index (κ3) is 3.62. The molecule has 1 nitrogen and oxygen atoms in total. The first kappa shape index (κ1) is 11.4. The van der Waals surface area contributed by atoms with E-state index >= 15 is 0 Å². The number of rotatable bonds is 5. The van der Waals surface area contributed by atoms with Gasteiger partial charge >= 0.3 is 0 Å². The van der Waals surface area contributed by atoms with E-state index < -0.39 is 0 Å². The fourth-order valence-corrected chi connectivity index (χ4v) is 1.48. The lowest BCUT2D eigenvalue weighted by molar-refractivity contribution is 0.414. The van der Waals surface area contributed by atoms with Gasteiger partial charge in [0.2, 0.25) is 0 Å². The van der Waals surface area contributed by atoms with Gasteiger partial charge in [-0.2, -0.15) is 12.6 Å². The average Bonchev–Trinajstić information content (AvgIpc) is 2.26. The molecule has 0 aromatic heterocycles. The molecule has 1 aromatic carbocycles. The molecule has 0 aliphatic heterocycles. The second-order valence-corrected chi connectivity index (χ2v) is 4.04. The Balaban J connectivity index is 2.43. The van der Waals surface area contributed by atoms with Crippen LogP contribution in [-0.2, 0) is 6.42 Å². The van der Waals surface area contributed by atoms with E-state index in [0.717, 1.165) is 17.9 Å². The van der Waals surface area contributed by atoms with Crippen molar-refractivity contribution in [2.75, 3.05) is 12.9 Å². The van der Waals surface area contributed by atoms with Crippen LogP contribution in [0.25, 0.3) is 0 Å². The lowest BCUT2D eigenvalue weighted by Crippen LogP contribution is -1.98. The number of hydrogen-bond donors (Lipinski definition) is 1. The van der Waals surface area contributed by atoms with Gasteiger partial charge in [-0.25, -0.2) is 0 Å². The van der Waals surface area contributed by atoms with Crippen LogP contribution in [0, 0.1) is 5.92 Å². The Hall–Kier alpha value is -0.630. The van der Waals surface area contributed by atoms with Crippen LogP contribution in [0.3, 0.4) is 0 Å². The second kappa shape index (κ2) is 5.97. The van der Waals surface area contributed by atoms with Crippen LogP contribution in [0.15, 0.2) is 24.3 Å². The fraction of sp³-hybridized carbons (Fsp3) is 0.500. The van der Waals surface area contributed by atoms with Crippen LogP contribution < -0.4 is 4.74 Å². The summed E-state index contributed by atoms with van der Waals surface area (Å²) in [5.74, 6) is 2.59. The SMILES string of the molecule is COc1ccc(CCC(C)CS)cc1. The van der Waals surface area contributed by atoms with Crippen molar-refractivity contribution in [3.63, 3.8) is 0 Å². The van der Waals surface area contributed by atoms with Gasteiger partial charge in [-0.3, -0.25) is 0 Å². The minimum atomic E-state index is 0.695. The number of thiol groups is 1. The topological polar surface area (TPSA) is 9.23 Å². The molecule has 78 valence electrons. The Morgan fingerprint density at radius 3 is 2.43 bits per heavy atom. The highest BCUT2D eigenvalue weighted by molar-refractivity contribution is 7.80. The van der Waals surface area contributed by atoms with Crippen molar-refractivity contribution in [1.29, 1.82) is 0 Å². The maximum absolute atomic E-state index is 5.10. The molecular weight excluding hydrogens is 192 g/mol. The molecule has 0 aliphatic carbocycles. The molecule has 14 heavy (non-hydrogen) atoms. The summed E-state index contributed by atoms with van der Waals surface area (Å²) in [5.41, 5.74) is 1.37. The summed E-state index contributed by atoms with van der Waals surface area (Å²) in [5, 5.41) is 0. The molecule has 1 rings (SSSR count). The van der Waals surface area contributed by atoms with Gasteiger partial charge in [0, 0.05) is 0 Å². The van der Waals surface area contributed by atoms with Gasteiger partial charge in [-0.05, 0) is 42.2 Å². The zero-order chi connectivity index (χ0) is 10.4. The summed E-state index contributed by atoms with van der Waals surface area (Å²) in [6.07, 6.45) is 2.33. The second-order valence-electron chi connectivity index (χ2n) is 3.67. The average molecular weight is 210 g/mol. The van der Waals surface area contributed by atoms with Crippen LogP contribution in [0.1, 0.15) is 18.9 Å². The number of ether oxygens (including phenoxy) is 1. The molecule has 0 saturated carbocycles. The number of benzene rings is 1. The van der Waals surface area contributed by atoms with E-state index in [2.05, 4.69) is 31.7 Å².